The first kappa shape index (κ1) is 24.0. The van der Waals surface area contributed by atoms with Gasteiger partial charge in [0.1, 0.15) is 18.5 Å². The summed E-state index contributed by atoms with van der Waals surface area (Å²) in [5.74, 6) is -0.00870. The molecule has 3 rings (SSSR count). The fourth-order valence-corrected chi connectivity index (χ4v) is 5.38. The van der Waals surface area contributed by atoms with Crippen molar-refractivity contribution in [3.8, 4) is 5.75 Å². The average Bonchev–Trinajstić information content (AvgIpc) is 3.32. The molecule has 1 aliphatic rings. The van der Waals surface area contributed by atoms with Crippen molar-refractivity contribution in [3.05, 3.63) is 54.1 Å². The Balaban J connectivity index is 1.89. The zero-order valence-corrected chi connectivity index (χ0v) is 20.4. The minimum absolute atomic E-state index is 0.147. The fraction of sp³-hybridized carbons (Fsp3) is 0.440. The highest BCUT2D eigenvalue weighted by Crippen LogP contribution is 2.31. The van der Waals surface area contributed by atoms with Crippen LogP contribution in [0.15, 0.2) is 48.5 Å². The predicted octanol–water partition coefficient (Wildman–Crippen LogP) is 3.89. The SMILES string of the molecule is COc1ccc(C(C(=O)Nc2ccc([Si](C)(C)C)cc2)N(CO)C(=O)C2CCCC2)cc1. The molecule has 7 heteroatoms. The molecule has 0 aromatic heterocycles. The molecule has 172 valence electrons. The number of methoxy groups -OCH3 is 1. The van der Waals surface area contributed by atoms with Gasteiger partial charge in [-0.3, -0.25) is 9.59 Å². The summed E-state index contributed by atoms with van der Waals surface area (Å²) in [6.07, 6.45) is 3.59. The maximum atomic E-state index is 13.4. The van der Waals surface area contributed by atoms with Gasteiger partial charge in [0.25, 0.3) is 5.91 Å². The summed E-state index contributed by atoms with van der Waals surface area (Å²) in [5, 5.41) is 14.4. The number of carbonyl (C=O) groups excluding carboxylic acids is 2. The van der Waals surface area contributed by atoms with E-state index in [-0.39, 0.29) is 17.7 Å². The van der Waals surface area contributed by atoms with Crippen LogP contribution in [0.2, 0.25) is 19.6 Å². The second kappa shape index (κ2) is 10.3. The first-order valence-corrected chi connectivity index (χ1v) is 14.7. The number of carbonyl (C=O) groups is 2. The molecule has 2 aromatic rings. The van der Waals surface area contributed by atoms with E-state index >= 15 is 0 Å². The van der Waals surface area contributed by atoms with E-state index in [1.165, 1.54) is 10.1 Å². The molecule has 2 aromatic carbocycles. The summed E-state index contributed by atoms with van der Waals surface area (Å²) in [4.78, 5) is 27.9. The van der Waals surface area contributed by atoms with Crippen molar-refractivity contribution in [2.45, 2.75) is 51.4 Å². The van der Waals surface area contributed by atoms with Gasteiger partial charge in [-0.2, -0.15) is 0 Å². The molecule has 1 saturated carbocycles. The van der Waals surface area contributed by atoms with E-state index in [2.05, 4.69) is 37.1 Å². The third kappa shape index (κ3) is 5.58. The number of nitrogens with zero attached hydrogens (tertiary/aromatic N) is 1. The second-order valence-corrected chi connectivity index (χ2v) is 14.5. The molecule has 32 heavy (non-hydrogen) atoms. The number of hydrogen-bond acceptors (Lipinski definition) is 4. The number of hydrogen-bond donors (Lipinski definition) is 2. The van der Waals surface area contributed by atoms with E-state index in [9.17, 15) is 14.7 Å². The Kier molecular flexibility index (Phi) is 7.74. The monoisotopic (exact) mass is 454 g/mol. The number of rotatable bonds is 8. The Bertz CT molecular complexity index is 916. The highest BCUT2D eigenvalue weighted by molar-refractivity contribution is 6.88. The van der Waals surface area contributed by atoms with E-state index < -0.39 is 20.8 Å². The Labute approximate surface area is 191 Å². The van der Waals surface area contributed by atoms with Crippen molar-refractivity contribution in [1.82, 2.24) is 4.90 Å². The van der Waals surface area contributed by atoms with Gasteiger partial charge < -0.3 is 20.1 Å². The van der Waals surface area contributed by atoms with Crippen LogP contribution in [0.5, 0.6) is 5.75 Å². The largest absolute Gasteiger partial charge is 0.497 e. The summed E-state index contributed by atoms with van der Waals surface area (Å²) in [6, 6.07) is 14.0. The number of ether oxygens (including phenoxy) is 1. The van der Waals surface area contributed by atoms with Crippen LogP contribution in [0, 0.1) is 5.92 Å². The number of anilines is 1. The lowest BCUT2D eigenvalue weighted by atomic mass is 10.0. The minimum atomic E-state index is -1.44. The lowest BCUT2D eigenvalue weighted by Gasteiger charge is -2.31. The van der Waals surface area contributed by atoms with Crippen molar-refractivity contribution in [2.24, 2.45) is 5.92 Å². The molecule has 2 amide bonds. The zero-order valence-electron chi connectivity index (χ0n) is 19.4. The maximum Gasteiger partial charge on any atom is 0.251 e. The standard InChI is InChI=1S/C25H34N2O4Si/c1-31-21-13-9-18(10-14-21)23(27(17-28)25(30)19-7-5-6-8-19)24(29)26-20-11-15-22(16-12-20)32(2,3)4/h9-16,19,23,28H,5-8,17H2,1-4H3,(H,26,29). The van der Waals surface area contributed by atoms with Crippen molar-refractivity contribution < 1.29 is 19.4 Å². The highest BCUT2D eigenvalue weighted by atomic mass is 28.3. The molecular formula is C25H34N2O4Si. The molecule has 1 unspecified atom stereocenters. The smallest absolute Gasteiger partial charge is 0.251 e. The maximum absolute atomic E-state index is 13.4. The van der Waals surface area contributed by atoms with E-state index in [1.54, 1.807) is 31.4 Å². The van der Waals surface area contributed by atoms with Gasteiger partial charge in [-0.05, 0) is 42.7 Å². The van der Waals surface area contributed by atoms with Gasteiger partial charge in [0.05, 0.1) is 15.2 Å². The van der Waals surface area contributed by atoms with Gasteiger partial charge in [0.15, 0.2) is 0 Å². The summed E-state index contributed by atoms with van der Waals surface area (Å²) in [7, 11) is 0.132. The quantitative estimate of drug-likeness (QED) is 0.469. The topological polar surface area (TPSA) is 78.9 Å². The summed E-state index contributed by atoms with van der Waals surface area (Å²) in [6.45, 7) is 6.30. The van der Waals surface area contributed by atoms with E-state index in [1.807, 2.05) is 12.1 Å². The Morgan fingerprint density at radius 2 is 1.66 bits per heavy atom. The molecule has 0 aliphatic heterocycles. The first-order valence-electron chi connectivity index (χ1n) is 11.2. The number of aliphatic hydroxyl groups excluding tert-OH is 1. The van der Waals surface area contributed by atoms with Crippen LogP contribution in [0.25, 0.3) is 0 Å². The zero-order chi connectivity index (χ0) is 23.3. The van der Waals surface area contributed by atoms with E-state index in [0.29, 0.717) is 17.0 Å². The molecule has 0 bridgehead atoms. The lowest BCUT2D eigenvalue weighted by molar-refractivity contribution is -0.146. The average molecular weight is 455 g/mol. The van der Waals surface area contributed by atoms with Crippen LogP contribution in [-0.4, -0.2) is 43.7 Å². The molecule has 1 fully saturated rings. The molecule has 2 N–H and O–H groups in total. The van der Waals surface area contributed by atoms with Crippen LogP contribution in [0.4, 0.5) is 5.69 Å². The Morgan fingerprint density at radius 3 is 2.16 bits per heavy atom. The van der Waals surface area contributed by atoms with Crippen LogP contribution in [0.3, 0.4) is 0 Å². The number of aliphatic hydroxyl groups is 1. The summed E-state index contributed by atoms with van der Waals surface area (Å²) < 4.78 is 5.23. The molecule has 6 nitrogen and oxygen atoms in total. The Morgan fingerprint density at radius 1 is 1.06 bits per heavy atom. The second-order valence-electron chi connectivity index (χ2n) is 9.42. The summed E-state index contributed by atoms with van der Waals surface area (Å²) in [5.41, 5.74) is 1.30. The van der Waals surface area contributed by atoms with Crippen molar-refractivity contribution in [2.75, 3.05) is 19.2 Å². The molecule has 0 heterocycles. The molecule has 1 atom stereocenters. The van der Waals surface area contributed by atoms with Crippen LogP contribution in [0.1, 0.15) is 37.3 Å². The van der Waals surface area contributed by atoms with Crippen LogP contribution in [-0.2, 0) is 9.59 Å². The fourth-order valence-electron chi connectivity index (χ4n) is 4.21. The predicted molar refractivity (Wildman–Crippen MR) is 130 cm³/mol. The van der Waals surface area contributed by atoms with Gasteiger partial charge in [-0.1, -0.05) is 61.9 Å². The summed E-state index contributed by atoms with van der Waals surface area (Å²) >= 11 is 0. The molecule has 0 spiro atoms. The Hall–Kier alpha value is -2.64. The molecule has 0 saturated heterocycles. The molecule has 0 radical (unpaired) electrons. The van der Waals surface area contributed by atoms with Gasteiger partial charge >= 0.3 is 0 Å². The van der Waals surface area contributed by atoms with Gasteiger partial charge in [-0.25, -0.2) is 0 Å². The van der Waals surface area contributed by atoms with E-state index in [0.717, 1.165) is 25.7 Å². The number of benzene rings is 2. The normalized spacial score (nSPS) is 15.3. The minimum Gasteiger partial charge on any atom is -0.497 e. The van der Waals surface area contributed by atoms with Gasteiger partial charge in [-0.15, -0.1) is 0 Å². The van der Waals surface area contributed by atoms with Gasteiger partial charge in [0, 0.05) is 11.6 Å². The van der Waals surface area contributed by atoms with Crippen LogP contribution < -0.4 is 15.2 Å². The molecular weight excluding hydrogens is 420 g/mol. The van der Waals surface area contributed by atoms with Gasteiger partial charge in [0.2, 0.25) is 5.91 Å². The number of nitrogens with one attached hydrogen (secondary N) is 1. The van der Waals surface area contributed by atoms with Crippen molar-refractivity contribution in [3.63, 3.8) is 0 Å². The van der Waals surface area contributed by atoms with Crippen LogP contribution >= 0.6 is 0 Å². The first-order chi connectivity index (χ1) is 15.2. The highest BCUT2D eigenvalue weighted by Gasteiger charge is 2.35. The molecule has 1 aliphatic carbocycles. The van der Waals surface area contributed by atoms with Crippen molar-refractivity contribution in [1.29, 1.82) is 0 Å². The third-order valence-electron chi connectivity index (χ3n) is 6.15. The van der Waals surface area contributed by atoms with E-state index in [4.69, 9.17) is 4.74 Å². The lowest BCUT2D eigenvalue weighted by Crippen LogP contribution is -2.44. The van der Waals surface area contributed by atoms with Crippen molar-refractivity contribution >= 4 is 30.8 Å². The number of amides is 2. The third-order valence-corrected chi connectivity index (χ3v) is 8.22.